The lowest BCUT2D eigenvalue weighted by Gasteiger charge is -2.34. The number of ether oxygens (including phenoxy) is 1. The highest BCUT2D eigenvalue weighted by Crippen LogP contribution is 2.54. The summed E-state index contributed by atoms with van der Waals surface area (Å²) in [6, 6.07) is 16.4. The molecule has 0 saturated heterocycles. The van der Waals surface area contributed by atoms with Gasteiger partial charge in [0.2, 0.25) is 11.8 Å². The van der Waals surface area contributed by atoms with Gasteiger partial charge in [-0.1, -0.05) is 30.3 Å². The number of anilines is 1. The summed E-state index contributed by atoms with van der Waals surface area (Å²) in [5.41, 5.74) is 5.97. The van der Waals surface area contributed by atoms with Crippen molar-refractivity contribution in [2.24, 2.45) is 12.8 Å². The van der Waals surface area contributed by atoms with Gasteiger partial charge < -0.3 is 19.9 Å². The van der Waals surface area contributed by atoms with Gasteiger partial charge in [-0.2, -0.15) is 5.26 Å². The number of aromatic nitrogens is 1. The van der Waals surface area contributed by atoms with Gasteiger partial charge in [-0.15, -0.1) is 0 Å². The number of hydrogen-bond acceptors (Lipinski definition) is 5. The molecule has 2 N–H and O–H groups in total. The quantitative estimate of drug-likeness (QED) is 0.638. The minimum Gasteiger partial charge on any atom is -0.439 e. The first-order valence-corrected chi connectivity index (χ1v) is 9.02. The van der Waals surface area contributed by atoms with Crippen LogP contribution in [0.15, 0.2) is 64.8 Å². The molecule has 0 radical (unpaired) electrons. The van der Waals surface area contributed by atoms with Crippen molar-refractivity contribution in [2.75, 3.05) is 11.9 Å². The third-order valence-corrected chi connectivity index (χ3v) is 5.87. The largest absolute Gasteiger partial charge is 0.439 e. The minimum atomic E-state index is -1.64. The normalized spacial score (nSPS) is 19.9. The van der Waals surface area contributed by atoms with Crippen molar-refractivity contribution in [3.63, 3.8) is 0 Å². The molecule has 3 aromatic rings. The topological polar surface area (TPSA) is 101 Å². The molecule has 2 aliphatic rings. The van der Waals surface area contributed by atoms with Crippen LogP contribution in [-0.4, -0.2) is 17.5 Å². The van der Waals surface area contributed by atoms with Crippen molar-refractivity contribution >= 4 is 22.5 Å². The second-order valence-corrected chi connectivity index (χ2v) is 7.17. The molecule has 0 fully saturated rings. The Labute approximate surface area is 165 Å². The maximum absolute atomic E-state index is 13.7. The van der Waals surface area contributed by atoms with Crippen molar-refractivity contribution in [1.82, 2.24) is 4.57 Å². The molecule has 7 heteroatoms. The van der Waals surface area contributed by atoms with Gasteiger partial charge >= 0.3 is 0 Å². The highest BCUT2D eigenvalue weighted by atomic mass is 16.5. The molecule has 2 aromatic carbocycles. The van der Waals surface area contributed by atoms with E-state index in [1.54, 1.807) is 50.5 Å². The molecule has 29 heavy (non-hydrogen) atoms. The number of aryl methyl sites for hydroxylation is 1. The molecule has 1 aromatic heterocycles. The Kier molecular flexibility index (Phi) is 3.23. The van der Waals surface area contributed by atoms with Gasteiger partial charge in [-0.25, -0.2) is 0 Å². The summed E-state index contributed by atoms with van der Waals surface area (Å²) < 4.78 is 7.30. The summed E-state index contributed by atoms with van der Waals surface area (Å²) >= 11 is 0. The molecule has 142 valence electrons. The Morgan fingerprint density at radius 2 is 1.76 bits per heavy atom. The number of likely N-dealkylation sites (N-methyl/N-ethyl adjacent to an activating group) is 1. The molecule has 1 spiro atoms. The standard InChI is InChI=1S/C22H16N4O3/c1-25-15-9-5-3-7-12(15)18-17(20(25)27)22(14(11-23)19(24)29-18)13-8-4-6-10-16(13)26(2)21(22)28/h3-10H,24H2,1-2H3/t22-/m0/s1. The fourth-order valence-electron chi connectivity index (χ4n) is 4.56. The van der Waals surface area contributed by atoms with Crippen LogP contribution in [0.4, 0.5) is 5.69 Å². The first-order chi connectivity index (χ1) is 13.9. The number of fused-ring (bicyclic) bond motifs is 6. The third-order valence-electron chi connectivity index (χ3n) is 5.87. The number of pyridine rings is 1. The van der Waals surface area contributed by atoms with Gasteiger partial charge in [0.25, 0.3) is 5.56 Å². The van der Waals surface area contributed by atoms with E-state index in [0.717, 1.165) is 0 Å². The Bertz CT molecular complexity index is 1380. The summed E-state index contributed by atoms with van der Waals surface area (Å²) in [5, 5.41) is 10.6. The second kappa shape index (κ2) is 5.49. The molecule has 0 bridgehead atoms. The predicted molar refractivity (Wildman–Crippen MR) is 107 cm³/mol. The molecule has 2 aliphatic heterocycles. The molecular formula is C22H16N4O3. The van der Waals surface area contributed by atoms with Crippen LogP contribution < -0.4 is 20.9 Å². The summed E-state index contributed by atoms with van der Waals surface area (Å²) in [7, 11) is 3.27. The number of carbonyl (C=O) groups is 1. The fourth-order valence-corrected chi connectivity index (χ4v) is 4.56. The molecule has 0 saturated carbocycles. The van der Waals surface area contributed by atoms with Gasteiger partial charge in [0.1, 0.15) is 17.4 Å². The zero-order valence-corrected chi connectivity index (χ0v) is 15.8. The van der Waals surface area contributed by atoms with Crippen LogP contribution in [0.1, 0.15) is 11.1 Å². The van der Waals surface area contributed by atoms with Crippen LogP contribution >= 0.6 is 0 Å². The molecule has 0 unspecified atom stereocenters. The van der Waals surface area contributed by atoms with Crippen LogP contribution in [0.25, 0.3) is 10.9 Å². The predicted octanol–water partition coefficient (Wildman–Crippen LogP) is 1.89. The van der Waals surface area contributed by atoms with E-state index in [4.69, 9.17) is 10.5 Å². The lowest BCUT2D eigenvalue weighted by Crippen LogP contribution is -2.49. The van der Waals surface area contributed by atoms with Crippen LogP contribution in [0.5, 0.6) is 5.75 Å². The van der Waals surface area contributed by atoms with Crippen molar-refractivity contribution in [3.8, 4) is 11.8 Å². The van der Waals surface area contributed by atoms with Crippen molar-refractivity contribution in [2.45, 2.75) is 5.41 Å². The summed E-state index contributed by atoms with van der Waals surface area (Å²) in [6.07, 6.45) is 0. The van der Waals surface area contributed by atoms with Gasteiger partial charge in [0.15, 0.2) is 5.41 Å². The summed E-state index contributed by atoms with van der Waals surface area (Å²) in [4.78, 5) is 28.7. The molecule has 1 atom stereocenters. The van der Waals surface area contributed by atoms with E-state index >= 15 is 0 Å². The zero-order chi connectivity index (χ0) is 20.5. The summed E-state index contributed by atoms with van der Waals surface area (Å²) in [6.45, 7) is 0. The maximum Gasteiger partial charge on any atom is 0.259 e. The van der Waals surface area contributed by atoms with Gasteiger partial charge in [-0.3, -0.25) is 9.59 Å². The number of nitrogens with zero attached hydrogens (tertiary/aromatic N) is 3. The summed E-state index contributed by atoms with van der Waals surface area (Å²) in [5.74, 6) is -0.356. The number of nitrogens with two attached hydrogens (primary N) is 1. The fraction of sp³-hybridized carbons (Fsp3) is 0.136. The molecular weight excluding hydrogens is 368 g/mol. The highest BCUT2D eigenvalue weighted by Gasteiger charge is 2.60. The van der Waals surface area contributed by atoms with Crippen LogP contribution in [-0.2, 0) is 17.3 Å². The van der Waals surface area contributed by atoms with Crippen molar-refractivity contribution in [3.05, 3.63) is 81.5 Å². The second-order valence-electron chi connectivity index (χ2n) is 7.17. The lowest BCUT2D eigenvalue weighted by molar-refractivity contribution is -0.120. The Morgan fingerprint density at radius 3 is 2.52 bits per heavy atom. The number of nitriles is 1. The van der Waals surface area contributed by atoms with Crippen LogP contribution in [0.2, 0.25) is 0 Å². The van der Waals surface area contributed by atoms with Crippen LogP contribution in [0.3, 0.4) is 0 Å². The molecule has 5 rings (SSSR count). The van der Waals surface area contributed by atoms with Crippen molar-refractivity contribution in [1.29, 1.82) is 5.26 Å². The average molecular weight is 384 g/mol. The Hall–Kier alpha value is -4.05. The number of rotatable bonds is 0. The first kappa shape index (κ1) is 17.1. The van der Waals surface area contributed by atoms with E-state index in [-0.39, 0.29) is 22.8 Å². The average Bonchev–Trinajstić information content (AvgIpc) is 2.95. The number of carbonyl (C=O) groups excluding carboxylic acids is 1. The molecule has 1 amide bonds. The van der Waals surface area contributed by atoms with Crippen LogP contribution in [0, 0.1) is 11.3 Å². The smallest absolute Gasteiger partial charge is 0.259 e. The number of amides is 1. The van der Waals surface area contributed by atoms with Gasteiger partial charge in [-0.05, 0) is 18.2 Å². The van der Waals surface area contributed by atoms with E-state index in [9.17, 15) is 14.9 Å². The minimum absolute atomic E-state index is 0.0702. The van der Waals surface area contributed by atoms with Gasteiger partial charge in [0, 0.05) is 30.7 Å². The molecule has 7 nitrogen and oxygen atoms in total. The third kappa shape index (κ3) is 1.81. The van der Waals surface area contributed by atoms with E-state index in [1.807, 2.05) is 18.2 Å². The van der Waals surface area contributed by atoms with E-state index < -0.39 is 16.9 Å². The monoisotopic (exact) mass is 384 g/mol. The molecule has 0 aliphatic carbocycles. The number of benzene rings is 2. The highest BCUT2D eigenvalue weighted by molar-refractivity contribution is 6.14. The maximum atomic E-state index is 13.7. The molecule has 3 heterocycles. The van der Waals surface area contributed by atoms with E-state index in [2.05, 4.69) is 0 Å². The van der Waals surface area contributed by atoms with Gasteiger partial charge in [0.05, 0.1) is 11.1 Å². The number of hydrogen-bond donors (Lipinski definition) is 1. The van der Waals surface area contributed by atoms with E-state index in [1.165, 1.54) is 9.47 Å². The zero-order valence-electron chi connectivity index (χ0n) is 15.8. The Morgan fingerprint density at radius 1 is 1.07 bits per heavy atom. The lowest BCUT2D eigenvalue weighted by atomic mass is 9.69. The number of para-hydroxylation sites is 2. The van der Waals surface area contributed by atoms with Crippen molar-refractivity contribution < 1.29 is 9.53 Å². The SMILES string of the molecule is CN1C(=O)[C@]2(C(C#N)=C(N)Oc3c2c(=O)n(C)c2ccccc32)c2ccccc21. The van der Waals surface area contributed by atoms with E-state index in [0.29, 0.717) is 22.2 Å². The first-order valence-electron chi connectivity index (χ1n) is 9.02. The Balaban J connectivity index is 2.07.